The van der Waals surface area contributed by atoms with Gasteiger partial charge in [-0.25, -0.2) is 0 Å². The second kappa shape index (κ2) is 4.91. The number of hydrogen-bond donors (Lipinski definition) is 1. The highest BCUT2D eigenvalue weighted by atomic mass is 16.1. The molecule has 14 heavy (non-hydrogen) atoms. The van der Waals surface area contributed by atoms with Crippen molar-refractivity contribution in [3.63, 3.8) is 0 Å². The van der Waals surface area contributed by atoms with Crippen LogP contribution in [0.4, 0.5) is 0 Å². The number of nitrogens with two attached hydrogens (primary N) is 1. The van der Waals surface area contributed by atoms with Crippen molar-refractivity contribution in [3.05, 3.63) is 35.4 Å². The molecule has 0 fully saturated rings. The summed E-state index contributed by atoms with van der Waals surface area (Å²) < 4.78 is 0. The van der Waals surface area contributed by atoms with Crippen LogP contribution in [0.2, 0.25) is 0 Å². The van der Waals surface area contributed by atoms with Gasteiger partial charge in [-0.2, -0.15) is 0 Å². The molecule has 2 heteroatoms. The summed E-state index contributed by atoms with van der Waals surface area (Å²) in [5.74, 6) is 0.108. The molecule has 0 radical (unpaired) electrons. The van der Waals surface area contributed by atoms with E-state index in [9.17, 15) is 4.79 Å². The van der Waals surface area contributed by atoms with Gasteiger partial charge >= 0.3 is 0 Å². The molecule has 2 nitrogen and oxygen atoms in total. The fourth-order valence-electron chi connectivity index (χ4n) is 1.32. The Labute approximate surface area is 85.1 Å². The van der Waals surface area contributed by atoms with Gasteiger partial charge in [-0.15, -0.1) is 0 Å². The predicted octanol–water partition coefficient (Wildman–Crippen LogP) is 2.17. The topological polar surface area (TPSA) is 43.1 Å². The Kier molecular flexibility index (Phi) is 3.84. The fourth-order valence-corrected chi connectivity index (χ4v) is 1.32. The molecule has 0 amide bonds. The van der Waals surface area contributed by atoms with E-state index in [4.69, 9.17) is 5.73 Å². The van der Waals surface area contributed by atoms with E-state index in [0.29, 0.717) is 0 Å². The summed E-state index contributed by atoms with van der Waals surface area (Å²) in [5, 5.41) is 0. The molecule has 2 N–H and O–H groups in total. The summed E-state index contributed by atoms with van der Waals surface area (Å²) in [6.07, 6.45) is 1.86. The third-order valence-electron chi connectivity index (χ3n) is 2.38. The predicted molar refractivity (Wildman–Crippen MR) is 58.4 cm³/mol. The fraction of sp³-hybridized carbons (Fsp3) is 0.417. The van der Waals surface area contributed by atoms with Gasteiger partial charge in [-0.3, -0.25) is 4.79 Å². The average molecular weight is 191 g/mol. The van der Waals surface area contributed by atoms with Gasteiger partial charge in [0.05, 0.1) is 0 Å². The van der Waals surface area contributed by atoms with Crippen molar-refractivity contribution in [2.75, 3.05) is 0 Å². The zero-order valence-electron chi connectivity index (χ0n) is 8.79. The molecule has 1 rings (SSSR count). The lowest BCUT2D eigenvalue weighted by Gasteiger charge is -2.08. The van der Waals surface area contributed by atoms with Crippen LogP contribution >= 0.6 is 0 Å². The first-order chi connectivity index (χ1) is 6.63. The Morgan fingerprint density at radius 2 is 1.93 bits per heavy atom. The Hall–Kier alpha value is -1.15. The maximum absolute atomic E-state index is 11.0. The van der Waals surface area contributed by atoms with Crippen LogP contribution in [0.5, 0.6) is 0 Å². The van der Waals surface area contributed by atoms with Gasteiger partial charge in [0.2, 0.25) is 0 Å². The van der Waals surface area contributed by atoms with E-state index in [1.807, 2.05) is 24.3 Å². The van der Waals surface area contributed by atoms with Crippen LogP contribution in [-0.4, -0.2) is 11.8 Å². The first-order valence-electron chi connectivity index (χ1n) is 4.99. The molecule has 0 heterocycles. The third-order valence-corrected chi connectivity index (χ3v) is 2.38. The van der Waals surface area contributed by atoms with Crippen molar-refractivity contribution in [1.29, 1.82) is 0 Å². The van der Waals surface area contributed by atoms with Gasteiger partial charge in [-0.1, -0.05) is 31.2 Å². The molecular weight excluding hydrogens is 174 g/mol. The quantitative estimate of drug-likeness (QED) is 0.741. The number of ketones is 1. The Morgan fingerprint density at radius 3 is 2.36 bits per heavy atom. The van der Waals surface area contributed by atoms with E-state index in [0.717, 1.165) is 18.4 Å². The molecule has 1 unspecified atom stereocenters. The molecule has 0 spiro atoms. The number of carbonyl (C=O) groups is 1. The highest BCUT2D eigenvalue weighted by molar-refractivity contribution is 5.93. The van der Waals surface area contributed by atoms with Crippen LogP contribution < -0.4 is 5.73 Å². The second-order valence-corrected chi connectivity index (χ2v) is 3.63. The van der Waals surface area contributed by atoms with Crippen LogP contribution in [0, 0.1) is 0 Å². The van der Waals surface area contributed by atoms with Crippen LogP contribution in [0.25, 0.3) is 0 Å². The number of Topliss-reactive ketones (excluding diaryl/α,β-unsaturated/α-hetero) is 1. The van der Waals surface area contributed by atoms with E-state index in [2.05, 4.69) is 6.92 Å². The molecule has 1 aromatic carbocycles. The first kappa shape index (κ1) is 10.9. The summed E-state index contributed by atoms with van der Waals surface area (Å²) in [4.78, 5) is 11.0. The maximum Gasteiger partial charge on any atom is 0.159 e. The summed E-state index contributed by atoms with van der Waals surface area (Å²) in [7, 11) is 0. The lowest BCUT2D eigenvalue weighted by atomic mass is 10.0. The highest BCUT2D eigenvalue weighted by Gasteiger charge is 2.02. The summed E-state index contributed by atoms with van der Waals surface area (Å²) >= 11 is 0. The maximum atomic E-state index is 11.0. The number of rotatable bonds is 4. The zero-order chi connectivity index (χ0) is 10.6. The van der Waals surface area contributed by atoms with Crippen molar-refractivity contribution in [2.45, 2.75) is 32.7 Å². The standard InChI is InChI=1S/C12H17NO/c1-3-12(13)8-10-4-6-11(7-5-10)9(2)14/h4-7,12H,3,8,13H2,1-2H3. The van der Waals surface area contributed by atoms with E-state index >= 15 is 0 Å². The van der Waals surface area contributed by atoms with Gasteiger partial charge in [0, 0.05) is 11.6 Å². The lowest BCUT2D eigenvalue weighted by molar-refractivity contribution is 0.101. The Balaban J connectivity index is 2.68. The molecule has 0 aliphatic rings. The van der Waals surface area contributed by atoms with E-state index < -0.39 is 0 Å². The largest absolute Gasteiger partial charge is 0.327 e. The second-order valence-electron chi connectivity index (χ2n) is 3.63. The van der Waals surface area contributed by atoms with E-state index in [1.165, 1.54) is 5.56 Å². The van der Waals surface area contributed by atoms with Crippen molar-refractivity contribution in [1.82, 2.24) is 0 Å². The van der Waals surface area contributed by atoms with Crippen LogP contribution in [0.15, 0.2) is 24.3 Å². The van der Waals surface area contributed by atoms with Crippen LogP contribution in [-0.2, 0) is 6.42 Å². The molecular formula is C12H17NO. The van der Waals surface area contributed by atoms with Crippen molar-refractivity contribution in [2.24, 2.45) is 5.73 Å². The van der Waals surface area contributed by atoms with Crippen LogP contribution in [0.3, 0.4) is 0 Å². The number of hydrogen-bond acceptors (Lipinski definition) is 2. The van der Waals surface area contributed by atoms with Gasteiger partial charge in [0.25, 0.3) is 0 Å². The van der Waals surface area contributed by atoms with E-state index in [-0.39, 0.29) is 11.8 Å². The molecule has 76 valence electrons. The van der Waals surface area contributed by atoms with Gasteiger partial charge in [0.1, 0.15) is 0 Å². The lowest BCUT2D eigenvalue weighted by Crippen LogP contribution is -2.21. The smallest absolute Gasteiger partial charge is 0.159 e. The molecule has 1 atom stereocenters. The van der Waals surface area contributed by atoms with Gasteiger partial charge < -0.3 is 5.73 Å². The minimum atomic E-state index is 0.108. The van der Waals surface area contributed by atoms with Crippen LogP contribution in [0.1, 0.15) is 36.2 Å². The molecule has 1 aromatic rings. The molecule has 0 aromatic heterocycles. The highest BCUT2D eigenvalue weighted by Crippen LogP contribution is 2.07. The van der Waals surface area contributed by atoms with Gasteiger partial charge in [-0.05, 0) is 25.3 Å². The minimum absolute atomic E-state index is 0.108. The average Bonchev–Trinajstić information content (AvgIpc) is 2.18. The van der Waals surface area contributed by atoms with E-state index in [1.54, 1.807) is 6.92 Å². The number of carbonyl (C=O) groups excluding carboxylic acids is 1. The molecule has 0 aliphatic heterocycles. The summed E-state index contributed by atoms with van der Waals surface area (Å²) in [5.41, 5.74) is 7.80. The Bertz CT molecular complexity index is 303. The number of benzene rings is 1. The summed E-state index contributed by atoms with van der Waals surface area (Å²) in [6, 6.07) is 7.90. The monoisotopic (exact) mass is 191 g/mol. The minimum Gasteiger partial charge on any atom is -0.327 e. The summed E-state index contributed by atoms with van der Waals surface area (Å²) in [6.45, 7) is 3.65. The first-order valence-corrected chi connectivity index (χ1v) is 4.99. The Morgan fingerprint density at radius 1 is 1.36 bits per heavy atom. The SMILES string of the molecule is CCC(N)Cc1ccc(C(C)=O)cc1. The van der Waals surface area contributed by atoms with Crippen molar-refractivity contribution < 1.29 is 4.79 Å². The zero-order valence-corrected chi connectivity index (χ0v) is 8.79. The molecule has 0 aliphatic carbocycles. The van der Waals surface area contributed by atoms with Gasteiger partial charge in [0.15, 0.2) is 5.78 Å². The normalized spacial score (nSPS) is 12.5. The van der Waals surface area contributed by atoms with Crippen molar-refractivity contribution in [3.8, 4) is 0 Å². The third kappa shape index (κ3) is 2.96. The molecule has 0 saturated carbocycles. The molecule has 0 saturated heterocycles. The van der Waals surface area contributed by atoms with Crippen molar-refractivity contribution >= 4 is 5.78 Å². The molecule has 0 bridgehead atoms.